The van der Waals surface area contributed by atoms with E-state index in [0.29, 0.717) is 18.4 Å². The summed E-state index contributed by atoms with van der Waals surface area (Å²) in [5.74, 6) is 1.26. The molecule has 17 heavy (non-hydrogen) atoms. The predicted octanol–water partition coefficient (Wildman–Crippen LogP) is 3.15. The Labute approximate surface area is 111 Å². The van der Waals surface area contributed by atoms with E-state index in [-0.39, 0.29) is 0 Å². The van der Waals surface area contributed by atoms with Crippen LogP contribution in [0.15, 0.2) is 22.8 Å². The van der Waals surface area contributed by atoms with E-state index in [1.54, 1.807) is 11.3 Å². The van der Waals surface area contributed by atoms with Crippen LogP contribution in [0.4, 0.5) is 0 Å². The second kappa shape index (κ2) is 4.70. The van der Waals surface area contributed by atoms with Gasteiger partial charge in [0.15, 0.2) is 5.01 Å². The van der Waals surface area contributed by atoms with Crippen LogP contribution in [0, 0.1) is 0 Å². The fraction of sp³-hybridized carbons (Fsp3) is 0.364. The molecule has 88 valence electrons. The minimum absolute atomic E-state index is 0.438. The maximum Gasteiger partial charge on any atom is 0.214 e. The number of pyridine rings is 1. The molecule has 6 heteroatoms. The molecule has 1 aliphatic rings. The normalized spacial score (nSPS) is 14.9. The van der Waals surface area contributed by atoms with Crippen molar-refractivity contribution in [2.24, 2.45) is 0 Å². The summed E-state index contributed by atoms with van der Waals surface area (Å²) in [5, 5.41) is 10.3. The van der Waals surface area contributed by atoms with Gasteiger partial charge in [-0.15, -0.1) is 10.2 Å². The van der Waals surface area contributed by atoms with Gasteiger partial charge in [0, 0.05) is 12.0 Å². The van der Waals surface area contributed by atoms with E-state index >= 15 is 0 Å². The fourth-order valence-electron chi connectivity index (χ4n) is 1.43. The number of hydrogen-bond acceptors (Lipinski definition) is 5. The number of ether oxygens (including phenoxy) is 1. The summed E-state index contributed by atoms with van der Waals surface area (Å²) in [6.07, 6.45) is 2.51. The van der Waals surface area contributed by atoms with Crippen molar-refractivity contribution in [2.45, 2.75) is 25.4 Å². The lowest BCUT2D eigenvalue weighted by Gasteiger charge is -2.01. The number of halogens is 1. The van der Waals surface area contributed by atoms with Gasteiger partial charge in [0.25, 0.3) is 0 Å². The molecule has 2 aromatic heterocycles. The standard InChI is InChI=1S/C11H10BrN3OS/c12-8-2-1-3-9(13-8)16-6-10-14-15-11(17-10)7-4-5-7/h1-3,7H,4-6H2. The summed E-state index contributed by atoms with van der Waals surface area (Å²) < 4.78 is 6.32. The van der Waals surface area contributed by atoms with Crippen LogP contribution in [0.25, 0.3) is 0 Å². The van der Waals surface area contributed by atoms with Crippen LogP contribution in [0.5, 0.6) is 5.88 Å². The molecule has 0 bridgehead atoms. The topological polar surface area (TPSA) is 47.9 Å². The van der Waals surface area contributed by atoms with E-state index in [2.05, 4.69) is 31.1 Å². The third-order valence-electron chi connectivity index (χ3n) is 2.44. The molecule has 0 spiro atoms. The molecular formula is C11H10BrN3OS. The van der Waals surface area contributed by atoms with Gasteiger partial charge in [-0.05, 0) is 34.8 Å². The van der Waals surface area contributed by atoms with Crippen LogP contribution >= 0.6 is 27.3 Å². The number of aromatic nitrogens is 3. The second-order valence-corrected chi connectivity index (χ2v) is 5.80. The first-order valence-corrected chi connectivity index (χ1v) is 7.00. The van der Waals surface area contributed by atoms with Gasteiger partial charge in [0.05, 0.1) is 0 Å². The van der Waals surface area contributed by atoms with Gasteiger partial charge in [-0.3, -0.25) is 0 Å². The van der Waals surface area contributed by atoms with Gasteiger partial charge in [-0.25, -0.2) is 4.98 Å². The van der Waals surface area contributed by atoms with Crippen LogP contribution in [0.1, 0.15) is 28.8 Å². The van der Waals surface area contributed by atoms with Crippen molar-refractivity contribution in [3.8, 4) is 5.88 Å². The van der Waals surface area contributed by atoms with E-state index in [9.17, 15) is 0 Å². The molecule has 0 saturated heterocycles. The van der Waals surface area contributed by atoms with E-state index in [1.807, 2.05) is 18.2 Å². The molecule has 3 rings (SSSR count). The lowest BCUT2D eigenvalue weighted by Crippen LogP contribution is -1.96. The summed E-state index contributed by atoms with van der Waals surface area (Å²) in [4.78, 5) is 4.19. The Morgan fingerprint density at radius 3 is 3.00 bits per heavy atom. The van der Waals surface area contributed by atoms with Crippen LogP contribution in [0.2, 0.25) is 0 Å². The minimum Gasteiger partial charge on any atom is -0.470 e. The molecule has 0 amide bonds. The molecular weight excluding hydrogens is 302 g/mol. The summed E-state index contributed by atoms with van der Waals surface area (Å²) >= 11 is 4.94. The Balaban J connectivity index is 1.62. The van der Waals surface area contributed by atoms with Gasteiger partial charge in [-0.2, -0.15) is 0 Å². The molecule has 1 saturated carbocycles. The predicted molar refractivity (Wildman–Crippen MR) is 68.2 cm³/mol. The summed E-state index contributed by atoms with van der Waals surface area (Å²) in [7, 11) is 0. The number of nitrogens with zero attached hydrogens (tertiary/aromatic N) is 3. The third-order valence-corrected chi connectivity index (χ3v) is 3.94. The van der Waals surface area contributed by atoms with Crippen LogP contribution in [-0.4, -0.2) is 15.2 Å². The Hall–Kier alpha value is -1.01. The van der Waals surface area contributed by atoms with Crippen molar-refractivity contribution in [3.05, 3.63) is 32.8 Å². The SMILES string of the molecule is Brc1cccc(OCc2nnc(C3CC3)s2)n1. The molecule has 2 heterocycles. The summed E-state index contributed by atoms with van der Waals surface area (Å²) in [6.45, 7) is 0.438. The van der Waals surface area contributed by atoms with Gasteiger partial charge in [-0.1, -0.05) is 17.4 Å². The highest BCUT2D eigenvalue weighted by atomic mass is 79.9. The first-order valence-electron chi connectivity index (χ1n) is 5.39. The van der Waals surface area contributed by atoms with E-state index < -0.39 is 0 Å². The van der Waals surface area contributed by atoms with Crippen LogP contribution in [-0.2, 0) is 6.61 Å². The Bertz CT molecular complexity index is 527. The second-order valence-electron chi connectivity index (χ2n) is 3.90. The van der Waals surface area contributed by atoms with Gasteiger partial charge in [0.2, 0.25) is 5.88 Å². The van der Waals surface area contributed by atoms with Crippen molar-refractivity contribution in [1.29, 1.82) is 0 Å². The zero-order valence-electron chi connectivity index (χ0n) is 8.97. The Morgan fingerprint density at radius 1 is 1.35 bits per heavy atom. The van der Waals surface area contributed by atoms with Crippen molar-refractivity contribution < 1.29 is 4.74 Å². The Kier molecular flexibility index (Phi) is 3.07. The van der Waals surface area contributed by atoms with Gasteiger partial charge < -0.3 is 4.74 Å². The lowest BCUT2D eigenvalue weighted by atomic mass is 10.5. The van der Waals surface area contributed by atoms with E-state index in [0.717, 1.165) is 14.6 Å². The monoisotopic (exact) mass is 311 g/mol. The van der Waals surface area contributed by atoms with Gasteiger partial charge >= 0.3 is 0 Å². The zero-order valence-corrected chi connectivity index (χ0v) is 11.4. The molecule has 1 aliphatic carbocycles. The highest BCUT2D eigenvalue weighted by Crippen LogP contribution is 2.41. The minimum atomic E-state index is 0.438. The number of hydrogen-bond donors (Lipinski definition) is 0. The molecule has 1 fully saturated rings. The molecule has 0 aliphatic heterocycles. The van der Waals surface area contributed by atoms with Crippen LogP contribution < -0.4 is 4.74 Å². The zero-order chi connectivity index (χ0) is 11.7. The van der Waals surface area contributed by atoms with Crippen molar-refractivity contribution in [2.75, 3.05) is 0 Å². The smallest absolute Gasteiger partial charge is 0.214 e. The highest BCUT2D eigenvalue weighted by molar-refractivity contribution is 9.10. The maximum atomic E-state index is 5.55. The molecule has 4 nitrogen and oxygen atoms in total. The summed E-state index contributed by atoms with van der Waals surface area (Å²) in [6, 6.07) is 5.58. The van der Waals surface area contributed by atoms with Crippen molar-refractivity contribution in [3.63, 3.8) is 0 Å². The third kappa shape index (κ3) is 2.81. The molecule has 0 aromatic carbocycles. The maximum absolute atomic E-state index is 5.55. The van der Waals surface area contributed by atoms with E-state index in [4.69, 9.17) is 4.74 Å². The quantitative estimate of drug-likeness (QED) is 0.814. The first kappa shape index (κ1) is 11.1. The van der Waals surface area contributed by atoms with Crippen molar-refractivity contribution >= 4 is 27.3 Å². The molecule has 0 radical (unpaired) electrons. The fourth-order valence-corrected chi connectivity index (χ4v) is 2.68. The molecule has 0 unspecified atom stereocenters. The number of rotatable bonds is 4. The highest BCUT2D eigenvalue weighted by Gasteiger charge is 2.27. The molecule has 0 N–H and O–H groups in total. The lowest BCUT2D eigenvalue weighted by molar-refractivity contribution is 0.292. The molecule has 2 aromatic rings. The summed E-state index contributed by atoms with van der Waals surface area (Å²) in [5.41, 5.74) is 0. The first-order chi connectivity index (χ1) is 8.31. The van der Waals surface area contributed by atoms with Gasteiger partial charge in [0.1, 0.15) is 16.2 Å². The average Bonchev–Trinajstić information content (AvgIpc) is 3.07. The van der Waals surface area contributed by atoms with Crippen LogP contribution in [0.3, 0.4) is 0 Å². The Morgan fingerprint density at radius 2 is 2.24 bits per heavy atom. The van der Waals surface area contributed by atoms with Crippen molar-refractivity contribution in [1.82, 2.24) is 15.2 Å². The molecule has 0 atom stereocenters. The average molecular weight is 312 g/mol. The van der Waals surface area contributed by atoms with E-state index in [1.165, 1.54) is 12.8 Å². The largest absolute Gasteiger partial charge is 0.470 e.